The van der Waals surface area contributed by atoms with E-state index in [9.17, 15) is 24.6 Å². The molecule has 0 spiro atoms. The third kappa shape index (κ3) is 4.96. The highest BCUT2D eigenvalue weighted by molar-refractivity contribution is 5.67. The molecule has 0 aromatic rings. The van der Waals surface area contributed by atoms with E-state index in [1.165, 1.54) is 6.92 Å². The van der Waals surface area contributed by atoms with E-state index < -0.39 is 48.6 Å². The van der Waals surface area contributed by atoms with Gasteiger partial charge in [0.1, 0.15) is 18.8 Å². The first-order valence-electron chi connectivity index (χ1n) is 6.21. The molecule has 1 rings (SSSR count). The number of rotatable bonds is 4. The Bertz CT molecular complexity index is 408. The molecule has 1 saturated heterocycles. The van der Waals surface area contributed by atoms with E-state index in [1.807, 2.05) is 0 Å². The fourth-order valence-corrected chi connectivity index (χ4v) is 1.90. The number of hydrogen-bond acceptors (Lipinski definition) is 9. The van der Waals surface area contributed by atoms with Crippen molar-refractivity contribution in [2.75, 3.05) is 6.61 Å². The second kappa shape index (κ2) is 7.34. The van der Waals surface area contributed by atoms with Gasteiger partial charge in [0.2, 0.25) is 0 Å². The lowest BCUT2D eigenvalue weighted by molar-refractivity contribution is -0.293. The second-order valence-electron chi connectivity index (χ2n) is 4.51. The fourth-order valence-electron chi connectivity index (χ4n) is 1.90. The van der Waals surface area contributed by atoms with Crippen molar-refractivity contribution in [1.29, 1.82) is 0 Å². The van der Waals surface area contributed by atoms with Gasteiger partial charge in [0.25, 0.3) is 0 Å². The molecule has 9 nitrogen and oxygen atoms in total. The van der Waals surface area contributed by atoms with Crippen molar-refractivity contribution >= 4 is 17.9 Å². The first-order valence-corrected chi connectivity index (χ1v) is 6.21. The summed E-state index contributed by atoms with van der Waals surface area (Å²) in [6.45, 7) is 3.04. The maximum atomic E-state index is 11.1. The Kier molecular flexibility index (Phi) is 6.06. The summed E-state index contributed by atoms with van der Waals surface area (Å²) in [6.07, 6.45) is -6.92. The summed E-state index contributed by atoms with van der Waals surface area (Å²) in [4.78, 5) is 33.1. The normalized spacial score (nSPS) is 32.1. The standard InChI is InChI=1S/C12H18O9/c1-5(13)18-4-8-10(19-6(2)14)11(20-7(3)15)9(16)12(17)21-8/h8-12,16-17H,4H2,1-3H3/t8-,9-,10+,11-,12+/m1/s1. The molecule has 0 bridgehead atoms. The molecule has 0 saturated carbocycles. The van der Waals surface area contributed by atoms with Gasteiger partial charge in [-0.05, 0) is 0 Å². The number of carbonyl (C=O) groups excluding carboxylic acids is 3. The first-order chi connectivity index (χ1) is 9.72. The predicted octanol–water partition coefficient (Wildman–Crippen LogP) is -1.51. The minimum atomic E-state index is -1.68. The zero-order valence-electron chi connectivity index (χ0n) is 11.8. The van der Waals surface area contributed by atoms with Gasteiger partial charge in [0.15, 0.2) is 18.5 Å². The average molecular weight is 306 g/mol. The van der Waals surface area contributed by atoms with Crippen LogP contribution in [0.4, 0.5) is 0 Å². The first kappa shape index (κ1) is 17.3. The van der Waals surface area contributed by atoms with Gasteiger partial charge < -0.3 is 29.2 Å². The third-order valence-electron chi connectivity index (χ3n) is 2.69. The maximum Gasteiger partial charge on any atom is 0.303 e. The number of ether oxygens (including phenoxy) is 4. The molecule has 0 radical (unpaired) electrons. The smallest absolute Gasteiger partial charge is 0.303 e. The molecule has 1 aliphatic rings. The van der Waals surface area contributed by atoms with Crippen LogP contribution in [-0.2, 0) is 33.3 Å². The van der Waals surface area contributed by atoms with E-state index in [-0.39, 0.29) is 6.61 Å². The van der Waals surface area contributed by atoms with Crippen LogP contribution >= 0.6 is 0 Å². The number of hydrogen-bond donors (Lipinski definition) is 2. The van der Waals surface area contributed by atoms with Gasteiger partial charge in [-0.25, -0.2) is 0 Å². The highest BCUT2D eigenvalue weighted by Crippen LogP contribution is 2.25. The van der Waals surface area contributed by atoms with E-state index >= 15 is 0 Å². The summed E-state index contributed by atoms with van der Waals surface area (Å²) >= 11 is 0. The molecule has 120 valence electrons. The van der Waals surface area contributed by atoms with Crippen molar-refractivity contribution < 1.29 is 43.5 Å². The molecule has 1 heterocycles. The number of carbonyl (C=O) groups is 3. The van der Waals surface area contributed by atoms with Gasteiger partial charge in [0, 0.05) is 20.8 Å². The molecule has 0 unspecified atom stereocenters. The molecule has 2 N–H and O–H groups in total. The van der Waals surface area contributed by atoms with Crippen LogP contribution in [0, 0.1) is 0 Å². The van der Waals surface area contributed by atoms with Crippen molar-refractivity contribution in [3.05, 3.63) is 0 Å². The molecule has 1 fully saturated rings. The minimum Gasteiger partial charge on any atom is -0.463 e. The van der Waals surface area contributed by atoms with Crippen LogP contribution in [0.1, 0.15) is 20.8 Å². The Labute approximate surface area is 120 Å². The van der Waals surface area contributed by atoms with Crippen LogP contribution in [0.2, 0.25) is 0 Å². The highest BCUT2D eigenvalue weighted by Gasteiger charge is 2.49. The molecule has 21 heavy (non-hydrogen) atoms. The van der Waals surface area contributed by atoms with E-state index in [0.717, 1.165) is 13.8 Å². The van der Waals surface area contributed by atoms with E-state index in [0.29, 0.717) is 0 Å². The van der Waals surface area contributed by atoms with Crippen molar-refractivity contribution in [1.82, 2.24) is 0 Å². The summed E-state index contributed by atoms with van der Waals surface area (Å²) in [6, 6.07) is 0. The van der Waals surface area contributed by atoms with Gasteiger partial charge in [-0.2, -0.15) is 0 Å². The number of aliphatic hydroxyl groups excluding tert-OH is 2. The van der Waals surface area contributed by atoms with Crippen LogP contribution in [0.3, 0.4) is 0 Å². The fraction of sp³-hybridized carbons (Fsp3) is 0.750. The highest BCUT2D eigenvalue weighted by atomic mass is 16.7. The van der Waals surface area contributed by atoms with Gasteiger partial charge >= 0.3 is 17.9 Å². The average Bonchev–Trinajstić information content (AvgIpc) is 2.35. The summed E-state index contributed by atoms with van der Waals surface area (Å²) < 4.78 is 19.6. The lowest BCUT2D eigenvalue weighted by Crippen LogP contribution is -2.61. The van der Waals surface area contributed by atoms with Crippen LogP contribution in [0.15, 0.2) is 0 Å². The zero-order chi connectivity index (χ0) is 16.2. The summed E-state index contributed by atoms with van der Waals surface area (Å²) in [5, 5.41) is 19.4. The molecule has 0 aliphatic carbocycles. The van der Waals surface area contributed by atoms with Crippen molar-refractivity contribution in [2.45, 2.75) is 51.5 Å². The third-order valence-corrected chi connectivity index (χ3v) is 2.69. The van der Waals surface area contributed by atoms with Crippen molar-refractivity contribution in [3.8, 4) is 0 Å². The minimum absolute atomic E-state index is 0.338. The lowest BCUT2D eigenvalue weighted by Gasteiger charge is -2.41. The molecule has 0 aromatic heterocycles. The molecule has 0 amide bonds. The monoisotopic (exact) mass is 306 g/mol. The van der Waals surface area contributed by atoms with Crippen LogP contribution in [-0.4, -0.2) is 65.4 Å². The molecule has 0 aromatic carbocycles. The van der Waals surface area contributed by atoms with E-state index in [1.54, 1.807) is 0 Å². The number of esters is 3. The van der Waals surface area contributed by atoms with Crippen molar-refractivity contribution in [2.24, 2.45) is 0 Å². The molecule has 1 aliphatic heterocycles. The summed E-state index contributed by atoms with van der Waals surface area (Å²) in [5.74, 6) is -2.06. The SMILES string of the molecule is CC(=O)OC[C@H]1O[C@H](O)[C@H](O)[C@@H](OC(C)=O)[C@H]1OC(C)=O. The summed E-state index contributed by atoms with van der Waals surface area (Å²) in [7, 11) is 0. The van der Waals surface area contributed by atoms with Crippen molar-refractivity contribution in [3.63, 3.8) is 0 Å². The Morgan fingerprint density at radius 1 is 0.952 bits per heavy atom. The quantitative estimate of drug-likeness (QED) is 0.470. The van der Waals surface area contributed by atoms with Gasteiger partial charge in [-0.1, -0.05) is 0 Å². The Morgan fingerprint density at radius 2 is 1.48 bits per heavy atom. The summed E-state index contributed by atoms with van der Waals surface area (Å²) in [5.41, 5.74) is 0. The van der Waals surface area contributed by atoms with Crippen LogP contribution in [0.25, 0.3) is 0 Å². The molecule has 5 atom stereocenters. The number of aliphatic hydroxyl groups is 2. The largest absolute Gasteiger partial charge is 0.463 e. The van der Waals surface area contributed by atoms with Gasteiger partial charge in [-0.15, -0.1) is 0 Å². The Morgan fingerprint density at radius 3 is 1.95 bits per heavy atom. The zero-order valence-corrected chi connectivity index (χ0v) is 11.8. The van der Waals surface area contributed by atoms with Gasteiger partial charge in [0.05, 0.1) is 0 Å². The van der Waals surface area contributed by atoms with E-state index in [4.69, 9.17) is 18.9 Å². The van der Waals surface area contributed by atoms with Gasteiger partial charge in [-0.3, -0.25) is 14.4 Å². The van der Waals surface area contributed by atoms with Crippen LogP contribution in [0.5, 0.6) is 0 Å². The molecule has 9 heteroatoms. The Balaban J connectivity index is 2.94. The second-order valence-corrected chi connectivity index (χ2v) is 4.51. The molecular formula is C12H18O9. The predicted molar refractivity (Wildman–Crippen MR) is 64.6 cm³/mol. The Hall–Kier alpha value is -1.71. The lowest BCUT2D eigenvalue weighted by atomic mass is 9.98. The van der Waals surface area contributed by atoms with E-state index in [2.05, 4.69) is 0 Å². The topological polar surface area (TPSA) is 129 Å². The van der Waals surface area contributed by atoms with Crippen LogP contribution < -0.4 is 0 Å². The maximum absolute atomic E-state index is 11.1. The molecular weight excluding hydrogens is 288 g/mol.